The van der Waals surface area contributed by atoms with Gasteiger partial charge in [0.2, 0.25) is 0 Å². The standard InChI is InChI=1S/C15H15IN2O2/c1-2-11-3-6-13(7-4-11)20-10-15(19)18-14-8-5-12(16)9-17-14/h3-9H,2,10H2,1H3,(H,17,18,19). The number of aryl methyl sites for hydroxylation is 1. The Kier molecular flexibility index (Phi) is 5.34. The van der Waals surface area contributed by atoms with Crippen molar-refractivity contribution >= 4 is 34.3 Å². The summed E-state index contributed by atoms with van der Waals surface area (Å²) in [6.45, 7) is 2.07. The number of carbonyl (C=O) groups is 1. The van der Waals surface area contributed by atoms with Crippen LogP contribution in [0.15, 0.2) is 42.6 Å². The van der Waals surface area contributed by atoms with Crippen LogP contribution in [0.3, 0.4) is 0 Å². The predicted octanol–water partition coefficient (Wildman–Crippen LogP) is 3.27. The first-order valence-corrected chi connectivity index (χ1v) is 7.38. The van der Waals surface area contributed by atoms with Crippen LogP contribution in [-0.2, 0) is 11.2 Å². The Hall–Kier alpha value is -1.63. The molecule has 5 heteroatoms. The molecule has 0 spiro atoms. The average molecular weight is 382 g/mol. The molecule has 0 atom stereocenters. The molecule has 2 aromatic rings. The fourth-order valence-corrected chi connectivity index (χ4v) is 1.92. The second-order valence-corrected chi connectivity index (χ2v) is 5.44. The van der Waals surface area contributed by atoms with Gasteiger partial charge in [-0.2, -0.15) is 0 Å². The Labute approximate surface area is 131 Å². The monoisotopic (exact) mass is 382 g/mol. The zero-order valence-electron chi connectivity index (χ0n) is 11.1. The second-order valence-electron chi connectivity index (χ2n) is 4.20. The number of hydrogen-bond donors (Lipinski definition) is 1. The van der Waals surface area contributed by atoms with Crippen LogP contribution in [0, 0.1) is 3.57 Å². The largest absolute Gasteiger partial charge is 0.484 e. The maximum absolute atomic E-state index is 11.7. The molecule has 4 nitrogen and oxygen atoms in total. The van der Waals surface area contributed by atoms with E-state index in [0.717, 1.165) is 9.99 Å². The average Bonchev–Trinajstić information content (AvgIpc) is 2.48. The van der Waals surface area contributed by atoms with E-state index < -0.39 is 0 Å². The Balaban J connectivity index is 1.83. The van der Waals surface area contributed by atoms with Gasteiger partial charge in [-0.3, -0.25) is 4.79 Å². The van der Waals surface area contributed by atoms with E-state index >= 15 is 0 Å². The normalized spacial score (nSPS) is 10.1. The summed E-state index contributed by atoms with van der Waals surface area (Å²) in [4.78, 5) is 15.8. The summed E-state index contributed by atoms with van der Waals surface area (Å²) in [5.41, 5.74) is 1.24. The molecule has 2 rings (SSSR count). The lowest BCUT2D eigenvalue weighted by Gasteiger charge is -2.07. The molecule has 0 saturated carbocycles. The summed E-state index contributed by atoms with van der Waals surface area (Å²) < 4.78 is 6.44. The molecule has 0 unspecified atom stereocenters. The van der Waals surface area contributed by atoms with Crippen molar-refractivity contribution in [2.75, 3.05) is 11.9 Å². The minimum absolute atomic E-state index is 0.0286. The molecule has 0 aliphatic carbocycles. The van der Waals surface area contributed by atoms with E-state index in [1.165, 1.54) is 5.56 Å². The molecule has 1 aromatic carbocycles. The highest BCUT2D eigenvalue weighted by Crippen LogP contribution is 2.12. The molecule has 104 valence electrons. The van der Waals surface area contributed by atoms with Crippen molar-refractivity contribution in [3.8, 4) is 5.75 Å². The third-order valence-electron chi connectivity index (χ3n) is 2.70. The summed E-state index contributed by atoms with van der Waals surface area (Å²) in [6, 6.07) is 11.4. The highest BCUT2D eigenvalue weighted by molar-refractivity contribution is 14.1. The molecular weight excluding hydrogens is 367 g/mol. The number of rotatable bonds is 5. The van der Waals surface area contributed by atoms with E-state index in [0.29, 0.717) is 11.6 Å². The van der Waals surface area contributed by atoms with Gasteiger partial charge in [-0.1, -0.05) is 19.1 Å². The summed E-state index contributed by atoms with van der Waals surface area (Å²) in [5.74, 6) is 0.992. The topological polar surface area (TPSA) is 51.2 Å². The second kappa shape index (κ2) is 7.23. The first-order chi connectivity index (χ1) is 9.67. The number of pyridine rings is 1. The van der Waals surface area contributed by atoms with Gasteiger partial charge in [-0.25, -0.2) is 4.98 Å². The number of anilines is 1. The van der Waals surface area contributed by atoms with Crippen LogP contribution in [-0.4, -0.2) is 17.5 Å². The Morgan fingerprint density at radius 1 is 1.25 bits per heavy atom. The van der Waals surface area contributed by atoms with Crippen LogP contribution in [0.4, 0.5) is 5.82 Å². The van der Waals surface area contributed by atoms with Crippen molar-refractivity contribution < 1.29 is 9.53 Å². The third kappa shape index (κ3) is 4.48. The molecular formula is C15H15IN2O2. The van der Waals surface area contributed by atoms with Crippen molar-refractivity contribution in [2.45, 2.75) is 13.3 Å². The number of hydrogen-bond acceptors (Lipinski definition) is 3. The van der Waals surface area contributed by atoms with Gasteiger partial charge in [0.15, 0.2) is 6.61 Å². The van der Waals surface area contributed by atoms with E-state index in [9.17, 15) is 4.79 Å². The molecule has 0 fully saturated rings. The maximum Gasteiger partial charge on any atom is 0.263 e. The van der Waals surface area contributed by atoms with E-state index in [-0.39, 0.29) is 12.5 Å². The highest BCUT2D eigenvalue weighted by Gasteiger charge is 2.04. The number of halogens is 1. The van der Waals surface area contributed by atoms with E-state index in [4.69, 9.17) is 4.74 Å². The van der Waals surface area contributed by atoms with Crippen molar-refractivity contribution in [1.29, 1.82) is 0 Å². The van der Waals surface area contributed by atoms with Gasteiger partial charge >= 0.3 is 0 Å². The van der Waals surface area contributed by atoms with Crippen LogP contribution >= 0.6 is 22.6 Å². The quantitative estimate of drug-likeness (QED) is 0.808. The number of aromatic nitrogens is 1. The number of nitrogens with zero attached hydrogens (tertiary/aromatic N) is 1. The van der Waals surface area contributed by atoms with E-state index in [1.807, 2.05) is 30.3 Å². The van der Waals surface area contributed by atoms with Crippen LogP contribution in [0.25, 0.3) is 0 Å². The first-order valence-electron chi connectivity index (χ1n) is 6.30. The number of nitrogens with one attached hydrogen (secondary N) is 1. The Morgan fingerprint density at radius 2 is 2.00 bits per heavy atom. The highest BCUT2D eigenvalue weighted by atomic mass is 127. The Morgan fingerprint density at radius 3 is 2.60 bits per heavy atom. The number of ether oxygens (including phenoxy) is 1. The summed E-state index contributed by atoms with van der Waals surface area (Å²) in [7, 11) is 0. The fraction of sp³-hybridized carbons (Fsp3) is 0.200. The summed E-state index contributed by atoms with van der Waals surface area (Å²) in [6.07, 6.45) is 2.68. The molecule has 1 N–H and O–H groups in total. The van der Waals surface area contributed by atoms with E-state index in [2.05, 4.69) is 39.8 Å². The van der Waals surface area contributed by atoms with Gasteiger partial charge in [0.1, 0.15) is 11.6 Å². The van der Waals surface area contributed by atoms with E-state index in [1.54, 1.807) is 12.3 Å². The zero-order valence-corrected chi connectivity index (χ0v) is 13.3. The lowest BCUT2D eigenvalue weighted by Crippen LogP contribution is -2.20. The molecule has 1 heterocycles. The molecule has 1 aromatic heterocycles. The van der Waals surface area contributed by atoms with Gasteiger partial charge in [-0.05, 0) is 58.8 Å². The summed E-state index contributed by atoms with van der Waals surface area (Å²) >= 11 is 2.16. The minimum Gasteiger partial charge on any atom is -0.484 e. The number of amides is 1. The van der Waals surface area contributed by atoms with Gasteiger partial charge in [0.25, 0.3) is 5.91 Å². The lowest BCUT2D eigenvalue weighted by atomic mass is 10.2. The molecule has 0 saturated heterocycles. The van der Waals surface area contributed by atoms with Crippen LogP contribution in [0.5, 0.6) is 5.75 Å². The van der Waals surface area contributed by atoms with Crippen molar-refractivity contribution in [2.24, 2.45) is 0 Å². The molecule has 0 aliphatic heterocycles. The van der Waals surface area contributed by atoms with Crippen molar-refractivity contribution in [3.63, 3.8) is 0 Å². The SMILES string of the molecule is CCc1ccc(OCC(=O)Nc2ccc(I)cn2)cc1. The van der Waals surface area contributed by atoms with Crippen LogP contribution in [0.2, 0.25) is 0 Å². The smallest absolute Gasteiger partial charge is 0.263 e. The predicted molar refractivity (Wildman–Crippen MR) is 86.9 cm³/mol. The van der Waals surface area contributed by atoms with Gasteiger partial charge < -0.3 is 10.1 Å². The van der Waals surface area contributed by atoms with Gasteiger partial charge in [0.05, 0.1) is 0 Å². The molecule has 20 heavy (non-hydrogen) atoms. The van der Waals surface area contributed by atoms with Gasteiger partial charge in [0, 0.05) is 9.77 Å². The van der Waals surface area contributed by atoms with Crippen LogP contribution in [0.1, 0.15) is 12.5 Å². The molecule has 0 radical (unpaired) electrons. The number of benzene rings is 1. The summed E-state index contributed by atoms with van der Waals surface area (Å²) in [5, 5.41) is 2.68. The number of carbonyl (C=O) groups excluding carboxylic acids is 1. The Bertz CT molecular complexity index is 567. The molecule has 0 bridgehead atoms. The molecule has 1 amide bonds. The maximum atomic E-state index is 11.7. The van der Waals surface area contributed by atoms with Crippen LogP contribution < -0.4 is 10.1 Å². The van der Waals surface area contributed by atoms with Crippen molar-refractivity contribution in [1.82, 2.24) is 4.98 Å². The first kappa shape index (κ1) is 14.8. The third-order valence-corrected chi connectivity index (χ3v) is 3.33. The van der Waals surface area contributed by atoms with Gasteiger partial charge in [-0.15, -0.1) is 0 Å². The molecule has 0 aliphatic rings. The zero-order chi connectivity index (χ0) is 14.4. The lowest BCUT2D eigenvalue weighted by molar-refractivity contribution is -0.118. The minimum atomic E-state index is -0.224. The fourth-order valence-electron chi connectivity index (χ4n) is 1.60. The van der Waals surface area contributed by atoms with Crippen molar-refractivity contribution in [3.05, 3.63) is 51.7 Å².